The number of nitrogens with zero attached hydrogens (tertiary/aromatic N) is 1. The van der Waals surface area contributed by atoms with Crippen LogP contribution in [0.15, 0.2) is 6.07 Å². The second-order valence-electron chi connectivity index (χ2n) is 3.48. The van der Waals surface area contributed by atoms with Gasteiger partial charge in [0.15, 0.2) is 0 Å². The number of aromatic nitrogens is 1. The smallest absolute Gasteiger partial charge is 0.251 e. The molecule has 16 heavy (non-hydrogen) atoms. The molecule has 1 aromatic rings. The fraction of sp³-hybridized carbons (Fsp3) is 0.400. The predicted octanol–water partition coefficient (Wildman–Crippen LogP) is 1.55. The fourth-order valence-electron chi connectivity index (χ4n) is 0.976. The summed E-state index contributed by atoms with van der Waals surface area (Å²) in [5.74, 6) is -3.17. The number of halogens is 2. The highest BCUT2D eigenvalue weighted by Crippen LogP contribution is 2.14. The van der Waals surface area contributed by atoms with E-state index in [4.69, 9.17) is 10.5 Å². The van der Waals surface area contributed by atoms with Gasteiger partial charge in [-0.15, -0.1) is 0 Å². The number of ether oxygens (including phenoxy) is 1. The summed E-state index contributed by atoms with van der Waals surface area (Å²) in [4.78, 5) is 14.6. The Hall–Kier alpha value is -1.56. The molecule has 0 radical (unpaired) electrons. The first-order valence-corrected chi connectivity index (χ1v) is 4.68. The van der Waals surface area contributed by atoms with Crippen molar-refractivity contribution in [2.24, 2.45) is 0 Å². The van der Waals surface area contributed by atoms with E-state index in [9.17, 15) is 13.6 Å². The van der Waals surface area contributed by atoms with Crippen LogP contribution in [0.2, 0.25) is 0 Å². The van der Waals surface area contributed by atoms with Crippen LogP contribution in [0.5, 0.6) is 0 Å². The van der Waals surface area contributed by atoms with Gasteiger partial charge in [0.2, 0.25) is 11.6 Å². The number of ketones is 1. The van der Waals surface area contributed by atoms with Crippen LogP contribution < -0.4 is 5.73 Å². The van der Waals surface area contributed by atoms with Crippen LogP contribution in [0.1, 0.15) is 24.3 Å². The van der Waals surface area contributed by atoms with Crippen molar-refractivity contribution in [2.75, 3.05) is 12.3 Å². The molecule has 1 heterocycles. The standard InChI is InChI=1S/C10H12F2N2O2/c1-5(2)16-4-8(15)7-3-6(13)9(11)10(12)14-7/h3,5H,4H2,1-2H3,(H2,13,14). The lowest BCUT2D eigenvalue weighted by molar-refractivity contribution is 0.0579. The summed E-state index contributed by atoms with van der Waals surface area (Å²) >= 11 is 0. The zero-order chi connectivity index (χ0) is 12.3. The Bertz CT molecular complexity index is 385. The number of anilines is 1. The minimum Gasteiger partial charge on any atom is -0.396 e. The van der Waals surface area contributed by atoms with Crippen LogP contribution in [0.25, 0.3) is 0 Å². The van der Waals surface area contributed by atoms with Gasteiger partial charge in [-0.2, -0.15) is 8.78 Å². The van der Waals surface area contributed by atoms with Crippen molar-refractivity contribution in [1.82, 2.24) is 4.98 Å². The zero-order valence-electron chi connectivity index (χ0n) is 8.96. The largest absolute Gasteiger partial charge is 0.396 e. The van der Waals surface area contributed by atoms with Crippen molar-refractivity contribution in [3.8, 4) is 0 Å². The average molecular weight is 230 g/mol. The second-order valence-corrected chi connectivity index (χ2v) is 3.48. The Morgan fingerprint density at radius 3 is 2.69 bits per heavy atom. The third kappa shape index (κ3) is 2.96. The molecule has 88 valence electrons. The second kappa shape index (κ2) is 4.98. The summed E-state index contributed by atoms with van der Waals surface area (Å²) in [5, 5.41) is 0. The molecular formula is C10H12F2N2O2. The molecule has 0 aliphatic carbocycles. The lowest BCUT2D eigenvalue weighted by Gasteiger charge is -2.06. The SMILES string of the molecule is CC(C)OCC(=O)c1cc(N)c(F)c(F)n1. The molecule has 0 unspecified atom stereocenters. The van der Waals surface area contributed by atoms with Gasteiger partial charge in [0, 0.05) is 0 Å². The van der Waals surface area contributed by atoms with Crippen LogP contribution in [-0.2, 0) is 4.74 Å². The van der Waals surface area contributed by atoms with Crippen molar-refractivity contribution in [3.63, 3.8) is 0 Å². The molecule has 0 aliphatic rings. The van der Waals surface area contributed by atoms with Gasteiger partial charge in [-0.05, 0) is 19.9 Å². The number of carbonyl (C=O) groups is 1. The summed E-state index contributed by atoms with van der Waals surface area (Å²) in [6, 6.07) is 0.991. The van der Waals surface area contributed by atoms with Gasteiger partial charge in [0.25, 0.3) is 5.95 Å². The van der Waals surface area contributed by atoms with Gasteiger partial charge in [-0.3, -0.25) is 4.79 Å². The molecule has 0 saturated carbocycles. The summed E-state index contributed by atoms with van der Waals surface area (Å²) in [6.45, 7) is 3.26. The van der Waals surface area contributed by atoms with E-state index >= 15 is 0 Å². The molecule has 1 aromatic heterocycles. The van der Waals surface area contributed by atoms with E-state index in [1.165, 1.54) is 0 Å². The molecule has 0 bridgehead atoms. The summed E-state index contributed by atoms with van der Waals surface area (Å²) in [5.41, 5.74) is 4.48. The maximum Gasteiger partial charge on any atom is 0.251 e. The molecule has 0 aromatic carbocycles. The minimum atomic E-state index is -1.38. The molecule has 0 fully saturated rings. The Balaban J connectivity index is 2.84. The summed E-state index contributed by atoms with van der Waals surface area (Å²) in [6.07, 6.45) is -0.133. The van der Waals surface area contributed by atoms with Crippen molar-refractivity contribution in [3.05, 3.63) is 23.5 Å². The molecule has 0 saturated heterocycles. The highest BCUT2D eigenvalue weighted by atomic mass is 19.2. The van der Waals surface area contributed by atoms with Gasteiger partial charge < -0.3 is 10.5 Å². The van der Waals surface area contributed by atoms with Crippen molar-refractivity contribution < 1.29 is 18.3 Å². The van der Waals surface area contributed by atoms with Crippen LogP contribution >= 0.6 is 0 Å². The number of hydrogen-bond donors (Lipinski definition) is 1. The monoisotopic (exact) mass is 230 g/mol. The first kappa shape index (κ1) is 12.5. The van der Waals surface area contributed by atoms with E-state index in [1.54, 1.807) is 13.8 Å². The lowest BCUT2D eigenvalue weighted by Crippen LogP contribution is -2.16. The van der Waals surface area contributed by atoms with E-state index in [2.05, 4.69) is 4.98 Å². The van der Waals surface area contributed by atoms with Gasteiger partial charge in [0.1, 0.15) is 12.3 Å². The highest BCUT2D eigenvalue weighted by Gasteiger charge is 2.15. The Kier molecular flexibility index (Phi) is 3.89. The van der Waals surface area contributed by atoms with Gasteiger partial charge in [0.05, 0.1) is 11.8 Å². The van der Waals surface area contributed by atoms with Crippen molar-refractivity contribution >= 4 is 11.5 Å². The topological polar surface area (TPSA) is 65.2 Å². The highest BCUT2D eigenvalue weighted by molar-refractivity contribution is 5.95. The van der Waals surface area contributed by atoms with Crippen LogP contribution in [-0.4, -0.2) is 23.5 Å². The van der Waals surface area contributed by atoms with Gasteiger partial charge in [-0.25, -0.2) is 4.98 Å². The van der Waals surface area contributed by atoms with E-state index in [0.717, 1.165) is 6.07 Å². The first-order chi connectivity index (χ1) is 7.41. The van der Waals surface area contributed by atoms with E-state index < -0.39 is 23.2 Å². The van der Waals surface area contributed by atoms with Gasteiger partial charge >= 0.3 is 0 Å². The molecule has 2 N–H and O–H groups in total. The number of nitrogens with two attached hydrogens (primary N) is 1. The quantitative estimate of drug-likeness (QED) is 0.629. The van der Waals surface area contributed by atoms with Crippen LogP contribution in [0, 0.1) is 11.8 Å². The molecule has 6 heteroatoms. The summed E-state index contributed by atoms with van der Waals surface area (Å²) in [7, 11) is 0. The number of hydrogen-bond acceptors (Lipinski definition) is 4. The zero-order valence-corrected chi connectivity index (χ0v) is 8.96. The van der Waals surface area contributed by atoms with Crippen molar-refractivity contribution in [1.29, 1.82) is 0 Å². The third-order valence-electron chi connectivity index (χ3n) is 1.78. The van der Waals surface area contributed by atoms with E-state index in [-0.39, 0.29) is 18.4 Å². The predicted molar refractivity (Wildman–Crippen MR) is 54.0 cm³/mol. The molecule has 1 rings (SSSR count). The molecule has 0 amide bonds. The Morgan fingerprint density at radius 2 is 2.19 bits per heavy atom. The first-order valence-electron chi connectivity index (χ1n) is 4.68. The summed E-state index contributed by atoms with van der Waals surface area (Å²) < 4.78 is 30.6. The maximum atomic E-state index is 12.8. The van der Waals surface area contributed by atoms with Gasteiger partial charge in [-0.1, -0.05) is 0 Å². The van der Waals surface area contributed by atoms with Crippen molar-refractivity contribution in [2.45, 2.75) is 20.0 Å². The number of pyridine rings is 1. The fourth-order valence-corrected chi connectivity index (χ4v) is 0.976. The minimum absolute atomic E-state index is 0.133. The van der Waals surface area contributed by atoms with E-state index in [1.807, 2.05) is 0 Å². The Morgan fingerprint density at radius 1 is 1.56 bits per heavy atom. The molecular weight excluding hydrogens is 218 g/mol. The molecule has 0 aliphatic heterocycles. The molecule has 4 nitrogen and oxygen atoms in total. The van der Waals surface area contributed by atoms with Crippen LogP contribution in [0.4, 0.5) is 14.5 Å². The molecule has 0 spiro atoms. The number of Topliss-reactive ketones (excluding diaryl/α,β-unsaturated/α-hetero) is 1. The number of carbonyl (C=O) groups excluding carboxylic acids is 1. The van der Waals surface area contributed by atoms with Crippen LogP contribution in [0.3, 0.4) is 0 Å². The normalized spacial score (nSPS) is 10.8. The average Bonchev–Trinajstić information content (AvgIpc) is 2.21. The Labute approximate surface area is 91.4 Å². The lowest BCUT2D eigenvalue weighted by atomic mass is 10.2. The number of nitrogen functional groups attached to an aromatic ring is 1. The third-order valence-corrected chi connectivity index (χ3v) is 1.78. The maximum absolute atomic E-state index is 12.8. The number of rotatable bonds is 4. The van der Waals surface area contributed by atoms with E-state index in [0.29, 0.717) is 0 Å². The molecule has 0 atom stereocenters.